The molecule has 0 aliphatic heterocycles. The molecule has 31 heavy (non-hydrogen) atoms. The minimum Gasteiger partial charge on any atom is -0.338 e. The summed E-state index contributed by atoms with van der Waals surface area (Å²) in [5.41, 5.74) is -0.479. The second kappa shape index (κ2) is 6.96. The Morgan fingerprint density at radius 3 is 2.48 bits per heavy atom. The lowest BCUT2D eigenvalue weighted by Gasteiger charge is -2.11. The summed E-state index contributed by atoms with van der Waals surface area (Å²) in [5, 5.41) is 2.83. The molecular formula is C20H13F5N6. The van der Waals surface area contributed by atoms with E-state index >= 15 is 0 Å². The third-order valence-corrected chi connectivity index (χ3v) is 4.82. The molecule has 0 amide bonds. The predicted octanol–water partition coefficient (Wildman–Crippen LogP) is 5.13. The summed E-state index contributed by atoms with van der Waals surface area (Å²) in [6, 6.07) is 4.02. The van der Waals surface area contributed by atoms with E-state index < -0.39 is 23.5 Å². The van der Waals surface area contributed by atoms with Crippen LogP contribution in [0, 0.1) is 11.6 Å². The number of nitrogens with zero attached hydrogens (tertiary/aromatic N) is 5. The van der Waals surface area contributed by atoms with Gasteiger partial charge >= 0.3 is 6.18 Å². The van der Waals surface area contributed by atoms with Gasteiger partial charge in [0.2, 0.25) is 0 Å². The average Bonchev–Trinajstić information content (AvgIpc) is 3.48. The summed E-state index contributed by atoms with van der Waals surface area (Å²) in [6.45, 7) is 0. The van der Waals surface area contributed by atoms with E-state index in [1.54, 1.807) is 4.57 Å². The molecule has 1 aliphatic rings. The van der Waals surface area contributed by atoms with Crippen molar-refractivity contribution in [3.05, 3.63) is 66.0 Å². The van der Waals surface area contributed by atoms with Crippen molar-refractivity contribution < 1.29 is 22.0 Å². The van der Waals surface area contributed by atoms with E-state index in [0.29, 0.717) is 5.82 Å². The van der Waals surface area contributed by atoms with Crippen LogP contribution >= 0.6 is 0 Å². The normalized spacial score (nSPS) is 14.2. The molecule has 1 aromatic carbocycles. The topological polar surface area (TPSA) is 68.5 Å². The standard InChI is InChI=1S/C20H13F5N6/c21-11-5-13(22)18-14(6-11)31(19(30-18)10-1-2-10)17-9-26-8-16(29-17)28-12-3-4-15(27-7-12)20(23,24)25/h3-10H,1-2H2,(H,28,29). The molecule has 0 spiro atoms. The molecule has 0 saturated heterocycles. The largest absolute Gasteiger partial charge is 0.433 e. The van der Waals surface area contributed by atoms with Gasteiger partial charge in [-0.2, -0.15) is 13.2 Å². The minimum atomic E-state index is -4.54. The maximum atomic E-state index is 14.3. The number of hydrogen-bond donors (Lipinski definition) is 1. The van der Waals surface area contributed by atoms with Gasteiger partial charge in [-0.25, -0.2) is 23.7 Å². The van der Waals surface area contributed by atoms with Crippen molar-refractivity contribution in [3.8, 4) is 5.82 Å². The van der Waals surface area contributed by atoms with E-state index in [4.69, 9.17) is 0 Å². The van der Waals surface area contributed by atoms with Gasteiger partial charge in [-0.05, 0) is 25.0 Å². The summed E-state index contributed by atoms with van der Waals surface area (Å²) in [4.78, 5) is 16.3. The van der Waals surface area contributed by atoms with Crippen molar-refractivity contribution >= 4 is 22.5 Å². The Morgan fingerprint density at radius 1 is 1.00 bits per heavy atom. The highest BCUT2D eigenvalue weighted by atomic mass is 19.4. The quantitative estimate of drug-likeness (QED) is 0.453. The molecule has 5 rings (SSSR count). The summed E-state index contributed by atoms with van der Waals surface area (Å²) >= 11 is 0. The van der Waals surface area contributed by atoms with Crippen LogP contribution in [0.25, 0.3) is 16.9 Å². The number of rotatable bonds is 4. The molecule has 0 radical (unpaired) electrons. The first kappa shape index (κ1) is 19.3. The van der Waals surface area contributed by atoms with Crippen LogP contribution < -0.4 is 5.32 Å². The maximum Gasteiger partial charge on any atom is 0.433 e. The fourth-order valence-electron chi connectivity index (χ4n) is 3.28. The number of nitrogens with one attached hydrogen (secondary N) is 1. The number of fused-ring (bicyclic) bond motifs is 1. The predicted molar refractivity (Wildman–Crippen MR) is 101 cm³/mol. The van der Waals surface area contributed by atoms with Gasteiger partial charge < -0.3 is 5.32 Å². The summed E-state index contributed by atoms with van der Waals surface area (Å²) in [7, 11) is 0. The molecule has 1 aliphatic carbocycles. The molecule has 3 aromatic heterocycles. The number of benzene rings is 1. The first-order chi connectivity index (χ1) is 14.8. The van der Waals surface area contributed by atoms with Crippen molar-refractivity contribution in [2.75, 3.05) is 5.32 Å². The summed E-state index contributed by atoms with van der Waals surface area (Å²) in [6.07, 6.45) is 1.03. The van der Waals surface area contributed by atoms with Gasteiger partial charge in [0.05, 0.1) is 29.8 Å². The summed E-state index contributed by atoms with van der Waals surface area (Å²) < 4.78 is 67.8. The van der Waals surface area contributed by atoms with Crippen LogP contribution in [-0.2, 0) is 6.18 Å². The molecule has 1 N–H and O–H groups in total. The molecule has 4 aromatic rings. The van der Waals surface area contributed by atoms with Crippen LogP contribution in [0.3, 0.4) is 0 Å². The van der Waals surface area contributed by atoms with Gasteiger partial charge in [0.25, 0.3) is 0 Å². The van der Waals surface area contributed by atoms with Crippen molar-refractivity contribution in [1.29, 1.82) is 0 Å². The Labute approximate surface area is 171 Å². The van der Waals surface area contributed by atoms with Gasteiger partial charge in [0.1, 0.15) is 22.9 Å². The molecule has 158 valence electrons. The van der Waals surface area contributed by atoms with Crippen LogP contribution in [0.4, 0.5) is 33.5 Å². The van der Waals surface area contributed by atoms with E-state index in [1.165, 1.54) is 24.5 Å². The fourth-order valence-corrected chi connectivity index (χ4v) is 3.28. The Balaban J connectivity index is 1.54. The maximum absolute atomic E-state index is 14.3. The van der Waals surface area contributed by atoms with Crippen LogP contribution in [0.5, 0.6) is 0 Å². The smallest absolute Gasteiger partial charge is 0.338 e. The molecule has 0 bridgehead atoms. The van der Waals surface area contributed by atoms with E-state index in [9.17, 15) is 22.0 Å². The van der Waals surface area contributed by atoms with Crippen LogP contribution in [0.15, 0.2) is 42.9 Å². The molecule has 1 saturated carbocycles. The molecule has 0 atom stereocenters. The lowest BCUT2D eigenvalue weighted by molar-refractivity contribution is -0.141. The van der Waals surface area contributed by atoms with Gasteiger partial charge in [-0.15, -0.1) is 0 Å². The van der Waals surface area contributed by atoms with Crippen LogP contribution in [0.1, 0.15) is 30.3 Å². The summed E-state index contributed by atoms with van der Waals surface area (Å²) in [5.74, 6) is -0.353. The van der Waals surface area contributed by atoms with E-state index in [0.717, 1.165) is 31.2 Å². The highest BCUT2D eigenvalue weighted by Gasteiger charge is 2.32. The molecule has 0 unspecified atom stereocenters. The zero-order valence-electron chi connectivity index (χ0n) is 15.7. The highest BCUT2D eigenvalue weighted by molar-refractivity contribution is 5.79. The fraction of sp³-hybridized carbons (Fsp3) is 0.200. The number of anilines is 2. The van der Waals surface area contributed by atoms with Crippen molar-refractivity contribution in [1.82, 2.24) is 24.5 Å². The van der Waals surface area contributed by atoms with E-state index in [-0.39, 0.29) is 34.3 Å². The Bertz CT molecular complexity index is 1280. The molecule has 3 heterocycles. The first-order valence-electron chi connectivity index (χ1n) is 9.29. The average molecular weight is 432 g/mol. The van der Waals surface area contributed by atoms with E-state index in [1.807, 2.05) is 0 Å². The monoisotopic (exact) mass is 432 g/mol. The number of imidazole rings is 1. The number of aromatic nitrogens is 5. The second-order valence-electron chi connectivity index (χ2n) is 7.15. The van der Waals surface area contributed by atoms with Crippen molar-refractivity contribution in [2.24, 2.45) is 0 Å². The Morgan fingerprint density at radius 2 is 1.81 bits per heavy atom. The number of pyridine rings is 1. The van der Waals surface area contributed by atoms with Gasteiger partial charge in [-0.1, -0.05) is 0 Å². The molecular weight excluding hydrogens is 419 g/mol. The SMILES string of the molecule is Fc1cc(F)c2nc(C3CC3)n(-c3cncc(Nc4ccc(C(F)(F)F)nc4)n3)c2c1. The lowest BCUT2D eigenvalue weighted by Crippen LogP contribution is -2.08. The van der Waals surface area contributed by atoms with Crippen molar-refractivity contribution in [3.63, 3.8) is 0 Å². The van der Waals surface area contributed by atoms with Crippen LogP contribution in [0.2, 0.25) is 0 Å². The van der Waals surface area contributed by atoms with Gasteiger partial charge in [0, 0.05) is 18.1 Å². The lowest BCUT2D eigenvalue weighted by atomic mass is 10.3. The molecule has 11 heteroatoms. The molecule has 6 nitrogen and oxygen atoms in total. The van der Waals surface area contributed by atoms with Gasteiger partial charge in [-0.3, -0.25) is 9.55 Å². The minimum absolute atomic E-state index is 0.0374. The number of hydrogen-bond acceptors (Lipinski definition) is 5. The second-order valence-corrected chi connectivity index (χ2v) is 7.15. The van der Waals surface area contributed by atoms with Gasteiger partial charge in [0.15, 0.2) is 17.5 Å². The van der Waals surface area contributed by atoms with Crippen molar-refractivity contribution in [2.45, 2.75) is 24.9 Å². The third kappa shape index (κ3) is 3.66. The highest BCUT2D eigenvalue weighted by Crippen LogP contribution is 2.42. The Hall–Kier alpha value is -3.63. The third-order valence-electron chi connectivity index (χ3n) is 4.82. The Kier molecular flexibility index (Phi) is 4.34. The molecule has 1 fully saturated rings. The number of halogens is 5. The number of alkyl halides is 3. The zero-order valence-corrected chi connectivity index (χ0v) is 15.7. The first-order valence-corrected chi connectivity index (χ1v) is 9.29. The van der Waals surface area contributed by atoms with Crippen LogP contribution in [-0.4, -0.2) is 24.5 Å². The zero-order chi connectivity index (χ0) is 21.8. The van der Waals surface area contributed by atoms with E-state index in [2.05, 4.69) is 25.3 Å².